The number of rotatable bonds is 5. The zero-order chi connectivity index (χ0) is 11.0. The molecule has 6 N–H and O–H groups in total. The van der Waals surface area contributed by atoms with E-state index in [4.69, 9.17) is 17.2 Å². The number of aliphatic imine (C=N–C) groups is 2. The summed E-state index contributed by atoms with van der Waals surface area (Å²) >= 11 is 0. The largest absolute Gasteiger partial charge is 0.370 e. The van der Waals surface area contributed by atoms with Crippen molar-refractivity contribution in [3.05, 3.63) is 0 Å². The van der Waals surface area contributed by atoms with Crippen LogP contribution in [0.1, 0.15) is 26.2 Å². The van der Waals surface area contributed by atoms with E-state index in [0.717, 1.165) is 0 Å². The Morgan fingerprint density at radius 3 is 2.50 bits per heavy atom. The minimum atomic E-state index is -0.755. The van der Waals surface area contributed by atoms with Crippen LogP contribution in [0.25, 0.3) is 0 Å². The number of hydrogen-bond acceptors (Lipinski definition) is 1. The molecular weight excluding hydrogens is 185 g/mol. The van der Waals surface area contributed by atoms with Gasteiger partial charge in [0.25, 0.3) is 0 Å². The lowest BCUT2D eigenvalue weighted by Crippen LogP contribution is -2.26. The van der Waals surface area contributed by atoms with Crippen LogP contribution < -0.4 is 17.2 Å². The molecule has 0 amide bonds. The van der Waals surface area contributed by atoms with E-state index in [-0.39, 0.29) is 11.9 Å². The number of halogens is 1. The maximum Gasteiger partial charge on any atom is 0.218 e. The first-order chi connectivity index (χ1) is 6.56. The van der Waals surface area contributed by atoms with E-state index in [2.05, 4.69) is 9.98 Å². The first-order valence-corrected chi connectivity index (χ1v) is 4.59. The van der Waals surface area contributed by atoms with Crippen LogP contribution in [0, 0.1) is 0 Å². The fourth-order valence-electron chi connectivity index (χ4n) is 0.878. The molecule has 0 aromatic rings. The van der Waals surface area contributed by atoms with E-state index in [1.165, 1.54) is 0 Å². The van der Waals surface area contributed by atoms with Crippen LogP contribution in [0.15, 0.2) is 9.98 Å². The van der Waals surface area contributed by atoms with Gasteiger partial charge in [-0.3, -0.25) is 4.99 Å². The Bertz CT molecular complexity index is 210. The number of guanidine groups is 2. The molecule has 0 saturated heterocycles. The Kier molecular flexibility index (Phi) is 6.43. The molecule has 0 saturated carbocycles. The van der Waals surface area contributed by atoms with Crippen molar-refractivity contribution in [1.29, 1.82) is 0 Å². The van der Waals surface area contributed by atoms with Gasteiger partial charge in [-0.2, -0.15) is 4.99 Å². The van der Waals surface area contributed by atoms with Crippen molar-refractivity contribution >= 4 is 11.9 Å². The molecule has 1 unspecified atom stereocenters. The van der Waals surface area contributed by atoms with Crippen LogP contribution in [0.3, 0.4) is 0 Å². The van der Waals surface area contributed by atoms with Gasteiger partial charge in [-0.25, -0.2) is 4.39 Å². The average molecular weight is 203 g/mol. The Morgan fingerprint density at radius 1 is 1.36 bits per heavy atom. The summed E-state index contributed by atoms with van der Waals surface area (Å²) in [5.41, 5.74) is 15.5. The minimum Gasteiger partial charge on any atom is -0.370 e. The molecule has 0 rings (SSSR count). The van der Waals surface area contributed by atoms with Crippen molar-refractivity contribution < 1.29 is 4.39 Å². The Morgan fingerprint density at radius 2 is 2.00 bits per heavy atom. The highest BCUT2D eigenvalue weighted by Crippen LogP contribution is 2.05. The predicted molar refractivity (Wildman–Crippen MR) is 56.7 cm³/mol. The predicted octanol–water partition coefficient (Wildman–Crippen LogP) is 0.103. The summed E-state index contributed by atoms with van der Waals surface area (Å²) in [5.74, 6) is -0.0833. The Balaban J connectivity index is 3.66. The number of nitrogens with two attached hydrogens (primary N) is 3. The fraction of sp³-hybridized carbons (Fsp3) is 0.750. The molecule has 1 atom stereocenters. The Hall–Kier alpha value is -1.33. The first-order valence-electron chi connectivity index (χ1n) is 4.59. The third-order valence-electron chi connectivity index (χ3n) is 1.64. The lowest BCUT2D eigenvalue weighted by molar-refractivity contribution is 0.301. The summed E-state index contributed by atoms with van der Waals surface area (Å²) in [6.07, 6.45) is 0.923. The van der Waals surface area contributed by atoms with E-state index >= 15 is 0 Å². The molecule has 0 heterocycles. The maximum atomic E-state index is 12.7. The standard InChI is InChI=1S/C8H18FN5/c1-2-6(9)4-3-5-13-8(12)14-7(10)11/h6H,2-5H2,1H3,(H6,10,11,12,13,14). The minimum absolute atomic E-state index is 0.0388. The second-order valence-corrected chi connectivity index (χ2v) is 2.92. The normalized spacial score (nSPS) is 13.7. The van der Waals surface area contributed by atoms with Crippen molar-refractivity contribution in [3.63, 3.8) is 0 Å². The van der Waals surface area contributed by atoms with Gasteiger partial charge < -0.3 is 17.2 Å². The van der Waals surface area contributed by atoms with Crippen LogP contribution in [0.4, 0.5) is 4.39 Å². The quantitative estimate of drug-likeness (QED) is 0.335. The molecule has 0 radical (unpaired) electrons. The van der Waals surface area contributed by atoms with Crippen molar-refractivity contribution in [2.75, 3.05) is 6.54 Å². The third-order valence-corrected chi connectivity index (χ3v) is 1.64. The van der Waals surface area contributed by atoms with Gasteiger partial charge in [-0.15, -0.1) is 0 Å². The Labute approximate surface area is 83.3 Å². The molecule has 0 aliphatic rings. The van der Waals surface area contributed by atoms with Crippen molar-refractivity contribution in [2.45, 2.75) is 32.4 Å². The topological polar surface area (TPSA) is 103 Å². The van der Waals surface area contributed by atoms with Gasteiger partial charge in [0.2, 0.25) is 5.96 Å². The highest BCUT2D eigenvalue weighted by molar-refractivity contribution is 5.92. The van der Waals surface area contributed by atoms with Gasteiger partial charge in [0.05, 0.1) is 6.17 Å². The van der Waals surface area contributed by atoms with Crippen LogP contribution in [-0.4, -0.2) is 24.6 Å². The highest BCUT2D eigenvalue weighted by Gasteiger charge is 2.01. The smallest absolute Gasteiger partial charge is 0.218 e. The van der Waals surface area contributed by atoms with Gasteiger partial charge in [0.15, 0.2) is 5.96 Å². The third kappa shape index (κ3) is 7.33. The van der Waals surface area contributed by atoms with E-state index in [9.17, 15) is 4.39 Å². The molecule has 82 valence electrons. The van der Waals surface area contributed by atoms with E-state index in [1.54, 1.807) is 0 Å². The summed E-state index contributed by atoms with van der Waals surface area (Å²) in [4.78, 5) is 7.37. The van der Waals surface area contributed by atoms with Crippen molar-refractivity contribution in [1.82, 2.24) is 0 Å². The zero-order valence-corrected chi connectivity index (χ0v) is 8.41. The average Bonchev–Trinajstić information content (AvgIpc) is 2.10. The van der Waals surface area contributed by atoms with Gasteiger partial charge in [0, 0.05) is 6.54 Å². The van der Waals surface area contributed by atoms with E-state index < -0.39 is 6.17 Å². The molecule has 0 fully saturated rings. The van der Waals surface area contributed by atoms with Crippen LogP contribution in [0.5, 0.6) is 0 Å². The van der Waals surface area contributed by atoms with Crippen LogP contribution >= 0.6 is 0 Å². The summed E-state index contributed by atoms with van der Waals surface area (Å²) in [6.45, 7) is 2.25. The van der Waals surface area contributed by atoms with Gasteiger partial charge in [-0.1, -0.05) is 6.92 Å². The number of alkyl halides is 1. The molecular formula is C8H18FN5. The van der Waals surface area contributed by atoms with Gasteiger partial charge >= 0.3 is 0 Å². The molecule has 0 spiro atoms. The number of hydrogen-bond donors (Lipinski definition) is 3. The fourth-order valence-corrected chi connectivity index (χ4v) is 0.878. The van der Waals surface area contributed by atoms with Crippen LogP contribution in [-0.2, 0) is 0 Å². The molecule has 0 aromatic heterocycles. The van der Waals surface area contributed by atoms with E-state index in [0.29, 0.717) is 25.8 Å². The van der Waals surface area contributed by atoms with Crippen LogP contribution in [0.2, 0.25) is 0 Å². The van der Waals surface area contributed by atoms with E-state index in [1.807, 2.05) is 6.92 Å². The molecule has 0 bridgehead atoms. The zero-order valence-electron chi connectivity index (χ0n) is 8.41. The molecule has 0 aromatic carbocycles. The molecule has 14 heavy (non-hydrogen) atoms. The highest BCUT2D eigenvalue weighted by atomic mass is 19.1. The summed E-state index contributed by atoms with van der Waals surface area (Å²) in [6, 6.07) is 0. The van der Waals surface area contributed by atoms with Crippen molar-refractivity contribution in [3.8, 4) is 0 Å². The SMILES string of the molecule is CCC(F)CCCN=C(N)N=C(N)N. The molecule has 5 nitrogen and oxygen atoms in total. The lowest BCUT2D eigenvalue weighted by Gasteiger charge is -2.02. The molecule has 0 aliphatic heterocycles. The monoisotopic (exact) mass is 203 g/mol. The molecule has 6 heteroatoms. The lowest BCUT2D eigenvalue weighted by atomic mass is 10.2. The first kappa shape index (κ1) is 12.7. The van der Waals surface area contributed by atoms with Crippen molar-refractivity contribution in [2.24, 2.45) is 27.2 Å². The van der Waals surface area contributed by atoms with Gasteiger partial charge in [0.1, 0.15) is 0 Å². The summed E-state index contributed by atoms with van der Waals surface area (Å²) in [7, 11) is 0. The summed E-state index contributed by atoms with van der Waals surface area (Å²) in [5, 5.41) is 0. The second kappa shape index (κ2) is 7.11. The second-order valence-electron chi connectivity index (χ2n) is 2.92. The molecule has 0 aliphatic carbocycles. The number of nitrogens with zero attached hydrogens (tertiary/aromatic N) is 2. The maximum absolute atomic E-state index is 12.7. The summed E-state index contributed by atoms with van der Waals surface area (Å²) < 4.78 is 12.7. The van der Waals surface area contributed by atoms with Gasteiger partial charge in [-0.05, 0) is 19.3 Å².